The predicted octanol–water partition coefficient (Wildman–Crippen LogP) is 2.86. The van der Waals surface area contributed by atoms with Gasteiger partial charge in [-0.25, -0.2) is 0 Å². The van der Waals surface area contributed by atoms with E-state index in [2.05, 4.69) is 18.3 Å². The molecule has 1 saturated heterocycles. The molecule has 0 spiro atoms. The molecule has 1 saturated carbocycles. The van der Waals surface area contributed by atoms with Gasteiger partial charge in [0, 0.05) is 0 Å². The number of carbonyl (C=O) groups excluding carboxylic acids is 1. The van der Waals surface area contributed by atoms with Gasteiger partial charge in [0.1, 0.15) is 5.54 Å². The van der Waals surface area contributed by atoms with Crippen LogP contribution in [0.25, 0.3) is 0 Å². The summed E-state index contributed by atoms with van der Waals surface area (Å²) in [5.41, 5.74) is -0.582. The number of thioether (sulfide) groups is 1. The highest BCUT2D eigenvalue weighted by atomic mass is 32.2. The van der Waals surface area contributed by atoms with Gasteiger partial charge in [0.05, 0.1) is 11.3 Å². The summed E-state index contributed by atoms with van der Waals surface area (Å²) < 4.78 is 0. The molecule has 1 unspecified atom stereocenters. The van der Waals surface area contributed by atoms with E-state index < -0.39 is 5.54 Å². The van der Waals surface area contributed by atoms with Crippen LogP contribution in [0.3, 0.4) is 0 Å². The molecule has 2 rings (SSSR count). The van der Waals surface area contributed by atoms with Crippen LogP contribution in [0.5, 0.6) is 0 Å². The van der Waals surface area contributed by atoms with Gasteiger partial charge in [-0.1, -0.05) is 13.3 Å². The van der Waals surface area contributed by atoms with Crippen molar-refractivity contribution in [3.05, 3.63) is 0 Å². The van der Waals surface area contributed by atoms with Gasteiger partial charge in [-0.3, -0.25) is 4.79 Å². The van der Waals surface area contributed by atoms with Crippen LogP contribution in [0.15, 0.2) is 0 Å². The summed E-state index contributed by atoms with van der Waals surface area (Å²) in [6.45, 7) is 2.22. The fourth-order valence-corrected chi connectivity index (χ4v) is 3.98. The van der Waals surface area contributed by atoms with Crippen molar-refractivity contribution in [3.63, 3.8) is 0 Å². The van der Waals surface area contributed by atoms with Crippen molar-refractivity contribution in [2.24, 2.45) is 5.92 Å². The number of carbonyl (C=O) groups is 1. The molecule has 1 amide bonds. The van der Waals surface area contributed by atoms with Crippen molar-refractivity contribution in [1.29, 1.82) is 5.26 Å². The molecule has 18 heavy (non-hydrogen) atoms. The maximum absolute atomic E-state index is 12.2. The van der Waals surface area contributed by atoms with Crippen LogP contribution in [0, 0.1) is 17.2 Å². The normalized spacial score (nSPS) is 36.7. The van der Waals surface area contributed by atoms with Crippen LogP contribution < -0.4 is 5.32 Å². The lowest BCUT2D eigenvalue weighted by Crippen LogP contribution is -2.52. The van der Waals surface area contributed by atoms with Crippen molar-refractivity contribution < 1.29 is 4.79 Å². The van der Waals surface area contributed by atoms with Gasteiger partial charge in [0.25, 0.3) is 0 Å². The third-order valence-corrected chi connectivity index (χ3v) is 5.55. The molecule has 4 heteroatoms. The molecule has 0 aromatic heterocycles. The second kappa shape index (κ2) is 5.97. The Morgan fingerprint density at radius 2 is 2.06 bits per heavy atom. The quantitative estimate of drug-likeness (QED) is 0.836. The number of hydrogen-bond acceptors (Lipinski definition) is 3. The molecule has 3 nitrogen and oxygen atoms in total. The molecule has 0 bridgehead atoms. The number of hydrogen-bond donors (Lipinski definition) is 1. The maximum Gasteiger partial charge on any atom is 0.234 e. The van der Waals surface area contributed by atoms with E-state index in [1.54, 1.807) is 11.8 Å². The Morgan fingerprint density at radius 1 is 1.33 bits per heavy atom. The summed E-state index contributed by atoms with van der Waals surface area (Å²) in [5.74, 6) is 1.86. The zero-order valence-corrected chi connectivity index (χ0v) is 11.9. The Labute approximate surface area is 114 Å². The number of nitriles is 1. The van der Waals surface area contributed by atoms with Gasteiger partial charge in [-0.15, -0.1) is 11.8 Å². The average molecular weight is 266 g/mol. The molecular formula is C14H22N2OS. The smallest absolute Gasteiger partial charge is 0.234 e. The Kier molecular flexibility index (Phi) is 4.55. The monoisotopic (exact) mass is 266 g/mol. The zero-order valence-electron chi connectivity index (χ0n) is 11.1. The SMILES string of the molecule is CC1CCC(C#N)(NC(=O)C2CCCCS2)CC1. The number of amides is 1. The Balaban J connectivity index is 1.93. The van der Waals surface area contributed by atoms with Crippen molar-refractivity contribution in [1.82, 2.24) is 5.32 Å². The topological polar surface area (TPSA) is 52.9 Å². The van der Waals surface area contributed by atoms with Crippen LogP contribution in [-0.4, -0.2) is 22.4 Å². The third kappa shape index (κ3) is 3.20. The maximum atomic E-state index is 12.2. The largest absolute Gasteiger partial charge is 0.337 e. The fourth-order valence-electron chi connectivity index (χ4n) is 2.78. The minimum atomic E-state index is -0.582. The van der Waals surface area contributed by atoms with Gasteiger partial charge in [0.15, 0.2) is 0 Å². The highest BCUT2D eigenvalue weighted by Gasteiger charge is 2.37. The first-order chi connectivity index (χ1) is 8.65. The van der Waals surface area contributed by atoms with Gasteiger partial charge in [-0.2, -0.15) is 5.26 Å². The standard InChI is InChI=1S/C14H22N2OS/c1-11-5-7-14(10-15,8-6-11)16-13(17)12-4-2-3-9-18-12/h11-12H,2-9H2,1H3,(H,16,17). The summed E-state index contributed by atoms with van der Waals surface area (Å²) in [6, 6.07) is 2.37. The number of nitrogens with zero attached hydrogens (tertiary/aromatic N) is 1. The first-order valence-corrected chi connectivity index (χ1v) is 8.05. The lowest BCUT2D eigenvalue weighted by Gasteiger charge is -2.35. The van der Waals surface area contributed by atoms with E-state index in [1.807, 2.05) is 0 Å². The van der Waals surface area contributed by atoms with Crippen molar-refractivity contribution in [3.8, 4) is 6.07 Å². The molecule has 100 valence electrons. The van der Waals surface area contributed by atoms with Crippen molar-refractivity contribution >= 4 is 17.7 Å². The fraction of sp³-hybridized carbons (Fsp3) is 0.857. The van der Waals surface area contributed by atoms with Crippen LogP contribution in [0.4, 0.5) is 0 Å². The minimum Gasteiger partial charge on any atom is -0.337 e. The molecule has 0 aromatic carbocycles. The number of nitrogens with one attached hydrogen (secondary N) is 1. The average Bonchev–Trinajstić information content (AvgIpc) is 2.43. The molecule has 1 aliphatic heterocycles. The van der Waals surface area contributed by atoms with Crippen molar-refractivity contribution in [2.45, 2.75) is 62.7 Å². The molecule has 1 heterocycles. The number of rotatable bonds is 2. The summed E-state index contributed by atoms with van der Waals surface area (Å²) in [7, 11) is 0. The molecule has 1 atom stereocenters. The zero-order chi connectivity index (χ0) is 13.0. The van der Waals surface area contributed by atoms with Crippen LogP contribution in [0.1, 0.15) is 51.9 Å². The van der Waals surface area contributed by atoms with E-state index in [9.17, 15) is 10.1 Å². The Bertz CT molecular complexity index is 336. The third-order valence-electron chi connectivity index (χ3n) is 4.18. The first-order valence-electron chi connectivity index (χ1n) is 7.00. The van der Waals surface area contributed by atoms with Gasteiger partial charge < -0.3 is 5.32 Å². The first kappa shape index (κ1) is 13.7. The van der Waals surface area contributed by atoms with Crippen LogP contribution in [-0.2, 0) is 4.79 Å². The van der Waals surface area contributed by atoms with Gasteiger partial charge in [0.2, 0.25) is 5.91 Å². The second-order valence-electron chi connectivity index (χ2n) is 5.72. The van der Waals surface area contributed by atoms with E-state index in [0.717, 1.165) is 44.3 Å². The molecule has 0 aromatic rings. The van der Waals surface area contributed by atoms with E-state index in [4.69, 9.17) is 0 Å². The Morgan fingerprint density at radius 3 is 2.61 bits per heavy atom. The second-order valence-corrected chi connectivity index (χ2v) is 7.03. The summed E-state index contributed by atoms with van der Waals surface area (Å²) >= 11 is 1.75. The van der Waals surface area contributed by atoms with Gasteiger partial charge >= 0.3 is 0 Å². The highest BCUT2D eigenvalue weighted by Crippen LogP contribution is 2.32. The summed E-state index contributed by atoms with van der Waals surface area (Å²) in [5, 5.41) is 12.5. The van der Waals surface area contributed by atoms with Gasteiger partial charge in [-0.05, 0) is 50.2 Å². The molecular weight excluding hydrogens is 244 g/mol. The molecule has 2 aliphatic rings. The lowest BCUT2D eigenvalue weighted by molar-refractivity contribution is -0.122. The Hall–Kier alpha value is -0.690. The van der Waals surface area contributed by atoms with E-state index >= 15 is 0 Å². The predicted molar refractivity (Wildman–Crippen MR) is 74.2 cm³/mol. The van der Waals surface area contributed by atoms with Crippen molar-refractivity contribution in [2.75, 3.05) is 5.75 Å². The highest BCUT2D eigenvalue weighted by molar-refractivity contribution is 8.00. The molecule has 2 fully saturated rings. The molecule has 1 N–H and O–H groups in total. The van der Waals surface area contributed by atoms with E-state index in [1.165, 1.54) is 6.42 Å². The van der Waals surface area contributed by atoms with E-state index in [-0.39, 0.29) is 11.2 Å². The lowest BCUT2D eigenvalue weighted by atomic mass is 9.78. The van der Waals surface area contributed by atoms with Crippen LogP contribution >= 0.6 is 11.8 Å². The minimum absolute atomic E-state index is 0.0725. The molecule has 0 radical (unpaired) electrons. The summed E-state index contributed by atoms with van der Waals surface area (Å²) in [6.07, 6.45) is 7.05. The molecule has 1 aliphatic carbocycles. The van der Waals surface area contributed by atoms with E-state index in [0.29, 0.717) is 5.92 Å². The van der Waals surface area contributed by atoms with Crippen LogP contribution in [0.2, 0.25) is 0 Å². The summed E-state index contributed by atoms with van der Waals surface area (Å²) in [4.78, 5) is 12.2.